The van der Waals surface area contributed by atoms with Crippen LogP contribution in [0.25, 0.3) is 10.4 Å². The molecule has 1 heterocycles. The third kappa shape index (κ3) is 1.85. The first-order valence-corrected chi connectivity index (χ1v) is 4.74. The lowest BCUT2D eigenvalue weighted by Gasteiger charge is -1.96. The average Bonchev–Trinajstić information content (AvgIpc) is 2.99. The zero-order valence-corrected chi connectivity index (χ0v) is 8.30. The standard InChI is InChI=1S/C9H10N4O2/c1-5-8(7(14)4-11-13-10)9(12-15-5)6-2-3-6/h6H,2-4H2,1H3. The summed E-state index contributed by atoms with van der Waals surface area (Å²) in [6.45, 7) is 1.53. The first-order valence-electron chi connectivity index (χ1n) is 4.74. The third-order valence-electron chi connectivity index (χ3n) is 2.41. The van der Waals surface area contributed by atoms with E-state index in [0.717, 1.165) is 18.5 Å². The zero-order chi connectivity index (χ0) is 10.8. The molecule has 0 saturated heterocycles. The molecule has 78 valence electrons. The summed E-state index contributed by atoms with van der Waals surface area (Å²) in [5.74, 6) is 0.649. The smallest absolute Gasteiger partial charge is 0.174 e. The Hall–Kier alpha value is -1.81. The van der Waals surface area contributed by atoms with Crippen LogP contribution in [0.1, 0.15) is 40.6 Å². The molecule has 0 aromatic carbocycles. The van der Waals surface area contributed by atoms with Gasteiger partial charge in [0, 0.05) is 10.8 Å². The number of Topliss-reactive ketones (excluding diaryl/α,β-unsaturated/α-hetero) is 1. The summed E-state index contributed by atoms with van der Waals surface area (Å²) >= 11 is 0. The Balaban J connectivity index is 2.28. The Bertz CT molecular complexity index is 441. The molecule has 0 bridgehead atoms. The molecule has 6 heteroatoms. The van der Waals surface area contributed by atoms with Gasteiger partial charge in [0.15, 0.2) is 5.78 Å². The van der Waals surface area contributed by atoms with Gasteiger partial charge in [-0.05, 0) is 25.3 Å². The Morgan fingerprint density at radius 3 is 3.07 bits per heavy atom. The number of rotatable bonds is 4. The molecule has 0 unspecified atom stereocenters. The fraction of sp³-hybridized carbons (Fsp3) is 0.556. The van der Waals surface area contributed by atoms with E-state index in [1.165, 1.54) is 0 Å². The first-order chi connectivity index (χ1) is 7.24. The van der Waals surface area contributed by atoms with Crippen LogP contribution in [0.4, 0.5) is 0 Å². The van der Waals surface area contributed by atoms with E-state index in [1.54, 1.807) is 6.92 Å². The highest BCUT2D eigenvalue weighted by Crippen LogP contribution is 2.41. The summed E-state index contributed by atoms with van der Waals surface area (Å²) in [5.41, 5.74) is 9.37. The summed E-state index contributed by atoms with van der Waals surface area (Å²) in [5, 5.41) is 7.13. The van der Waals surface area contributed by atoms with Gasteiger partial charge in [-0.3, -0.25) is 4.79 Å². The minimum absolute atomic E-state index is 0.168. The van der Waals surface area contributed by atoms with Crippen LogP contribution in [0.15, 0.2) is 9.64 Å². The van der Waals surface area contributed by atoms with E-state index in [1.807, 2.05) is 0 Å². The fourth-order valence-corrected chi connectivity index (χ4v) is 1.54. The van der Waals surface area contributed by atoms with Crippen molar-refractivity contribution in [3.63, 3.8) is 0 Å². The molecule has 0 amide bonds. The maximum absolute atomic E-state index is 11.7. The highest BCUT2D eigenvalue weighted by molar-refractivity contribution is 5.99. The number of carbonyl (C=O) groups excluding carboxylic acids is 1. The number of hydrogen-bond acceptors (Lipinski definition) is 4. The van der Waals surface area contributed by atoms with Gasteiger partial charge >= 0.3 is 0 Å². The van der Waals surface area contributed by atoms with E-state index in [4.69, 9.17) is 10.1 Å². The van der Waals surface area contributed by atoms with Gasteiger partial charge in [0.2, 0.25) is 0 Å². The second-order valence-electron chi connectivity index (χ2n) is 3.59. The highest BCUT2D eigenvalue weighted by Gasteiger charge is 2.32. The van der Waals surface area contributed by atoms with E-state index in [2.05, 4.69) is 15.2 Å². The second kappa shape index (κ2) is 3.74. The van der Waals surface area contributed by atoms with Gasteiger partial charge in [0.25, 0.3) is 0 Å². The van der Waals surface area contributed by atoms with Crippen molar-refractivity contribution in [3.8, 4) is 0 Å². The van der Waals surface area contributed by atoms with Crippen molar-refractivity contribution < 1.29 is 9.32 Å². The van der Waals surface area contributed by atoms with Crippen molar-refractivity contribution >= 4 is 5.78 Å². The van der Waals surface area contributed by atoms with E-state index < -0.39 is 0 Å². The van der Waals surface area contributed by atoms with Gasteiger partial charge in [-0.15, -0.1) is 0 Å². The van der Waals surface area contributed by atoms with Crippen molar-refractivity contribution in [2.75, 3.05) is 6.54 Å². The molecular formula is C9H10N4O2. The van der Waals surface area contributed by atoms with Crippen LogP contribution in [0.3, 0.4) is 0 Å². The molecule has 1 aliphatic rings. The van der Waals surface area contributed by atoms with E-state index in [0.29, 0.717) is 17.2 Å². The Kier molecular flexibility index (Phi) is 2.43. The molecule has 0 atom stereocenters. The average molecular weight is 206 g/mol. The van der Waals surface area contributed by atoms with E-state index in [9.17, 15) is 4.79 Å². The highest BCUT2D eigenvalue weighted by atomic mass is 16.5. The van der Waals surface area contributed by atoms with Crippen LogP contribution in [0, 0.1) is 6.92 Å². The third-order valence-corrected chi connectivity index (χ3v) is 2.41. The normalized spacial score (nSPS) is 14.7. The van der Waals surface area contributed by atoms with Crippen LogP contribution in [0.5, 0.6) is 0 Å². The minimum Gasteiger partial charge on any atom is -0.361 e. The molecular weight excluding hydrogens is 196 g/mol. The molecule has 1 aliphatic carbocycles. The van der Waals surface area contributed by atoms with Gasteiger partial charge in [0.05, 0.1) is 17.8 Å². The minimum atomic E-state index is -0.214. The number of aromatic nitrogens is 1. The SMILES string of the molecule is Cc1onc(C2CC2)c1C(=O)CN=[N+]=[N-]. The van der Waals surface area contributed by atoms with Gasteiger partial charge in [-0.2, -0.15) is 0 Å². The van der Waals surface area contributed by atoms with Crippen LogP contribution in [0.2, 0.25) is 0 Å². The molecule has 6 nitrogen and oxygen atoms in total. The maximum atomic E-state index is 11.7. The number of nitrogens with zero attached hydrogens (tertiary/aromatic N) is 4. The summed E-state index contributed by atoms with van der Waals surface area (Å²) in [6.07, 6.45) is 2.10. The van der Waals surface area contributed by atoms with Gasteiger partial charge in [-0.1, -0.05) is 10.3 Å². The van der Waals surface area contributed by atoms with Crippen molar-refractivity contribution in [3.05, 3.63) is 27.5 Å². The Morgan fingerprint density at radius 2 is 2.47 bits per heavy atom. The van der Waals surface area contributed by atoms with Crippen LogP contribution >= 0.6 is 0 Å². The summed E-state index contributed by atoms with van der Waals surface area (Å²) in [6, 6.07) is 0. The largest absolute Gasteiger partial charge is 0.361 e. The molecule has 1 fully saturated rings. The number of hydrogen-bond donors (Lipinski definition) is 0. The summed E-state index contributed by atoms with van der Waals surface area (Å²) in [4.78, 5) is 14.2. The van der Waals surface area contributed by atoms with E-state index >= 15 is 0 Å². The Labute approximate surface area is 85.9 Å². The van der Waals surface area contributed by atoms with Crippen molar-refractivity contribution in [2.24, 2.45) is 5.11 Å². The predicted molar refractivity (Wildman–Crippen MR) is 51.6 cm³/mol. The van der Waals surface area contributed by atoms with Crippen molar-refractivity contribution in [1.29, 1.82) is 0 Å². The quantitative estimate of drug-likeness (QED) is 0.327. The summed E-state index contributed by atoms with van der Waals surface area (Å²) in [7, 11) is 0. The Morgan fingerprint density at radius 1 is 1.73 bits per heavy atom. The maximum Gasteiger partial charge on any atom is 0.174 e. The van der Waals surface area contributed by atoms with Crippen LogP contribution in [-0.2, 0) is 0 Å². The van der Waals surface area contributed by atoms with Gasteiger partial charge in [0.1, 0.15) is 5.76 Å². The lowest BCUT2D eigenvalue weighted by atomic mass is 10.1. The van der Waals surface area contributed by atoms with Crippen LogP contribution in [-0.4, -0.2) is 17.5 Å². The molecule has 1 aromatic heterocycles. The molecule has 0 N–H and O–H groups in total. The molecule has 0 spiro atoms. The van der Waals surface area contributed by atoms with Gasteiger partial charge < -0.3 is 4.52 Å². The molecule has 1 aromatic rings. The van der Waals surface area contributed by atoms with Crippen LogP contribution < -0.4 is 0 Å². The fourth-order valence-electron chi connectivity index (χ4n) is 1.54. The number of carbonyl (C=O) groups is 1. The first kappa shape index (κ1) is 9.73. The number of aryl methyl sites for hydroxylation is 1. The molecule has 0 aliphatic heterocycles. The van der Waals surface area contributed by atoms with Crippen molar-refractivity contribution in [1.82, 2.24) is 5.16 Å². The van der Waals surface area contributed by atoms with E-state index in [-0.39, 0.29) is 12.3 Å². The monoisotopic (exact) mass is 206 g/mol. The van der Waals surface area contributed by atoms with Gasteiger partial charge in [-0.25, -0.2) is 0 Å². The zero-order valence-electron chi connectivity index (χ0n) is 8.30. The molecule has 2 rings (SSSR count). The molecule has 0 radical (unpaired) electrons. The molecule has 1 saturated carbocycles. The topological polar surface area (TPSA) is 91.9 Å². The second-order valence-corrected chi connectivity index (χ2v) is 3.59. The lowest BCUT2D eigenvalue weighted by molar-refractivity contribution is 0.0999. The lowest BCUT2D eigenvalue weighted by Crippen LogP contribution is -2.06. The molecule has 15 heavy (non-hydrogen) atoms. The van der Waals surface area contributed by atoms with Crippen molar-refractivity contribution in [2.45, 2.75) is 25.7 Å². The number of azide groups is 1. The summed E-state index contributed by atoms with van der Waals surface area (Å²) < 4.78 is 4.99. The number of ketones is 1. The predicted octanol–water partition coefficient (Wildman–Crippen LogP) is 2.35.